The number of nitrogens with zero attached hydrogens (tertiary/aromatic N) is 1. The molecule has 1 aromatic carbocycles. The normalized spacial score (nSPS) is 12.2. The van der Waals surface area contributed by atoms with Gasteiger partial charge in [-0.1, -0.05) is 23.7 Å². The Bertz CT molecular complexity index is 1050. The summed E-state index contributed by atoms with van der Waals surface area (Å²) < 4.78 is 23.9. The summed E-state index contributed by atoms with van der Waals surface area (Å²) in [4.78, 5) is 17.8. The molecule has 0 saturated carbocycles. The molecule has 5 nitrogen and oxygen atoms in total. The Morgan fingerprint density at radius 1 is 1.19 bits per heavy atom. The number of carbonyl (C=O) groups excluding carboxylic acids is 1. The van der Waals surface area contributed by atoms with E-state index in [2.05, 4.69) is 10.3 Å². The molecule has 0 radical (unpaired) electrons. The van der Waals surface area contributed by atoms with Gasteiger partial charge in [-0.2, -0.15) is 0 Å². The lowest BCUT2D eigenvalue weighted by atomic mass is 10.0. The molecule has 3 rings (SSSR count). The number of hydrogen-bond donors (Lipinski definition) is 1. The average molecular weight is 425 g/mol. The Morgan fingerprint density at radius 3 is 2.46 bits per heavy atom. The van der Waals surface area contributed by atoms with E-state index in [0.717, 1.165) is 11.1 Å². The van der Waals surface area contributed by atoms with Crippen LogP contribution in [-0.2, 0) is 14.6 Å². The Morgan fingerprint density at radius 2 is 1.92 bits per heavy atom. The van der Waals surface area contributed by atoms with Crippen LogP contribution in [0.2, 0.25) is 4.34 Å². The predicted molar refractivity (Wildman–Crippen MR) is 107 cm³/mol. The van der Waals surface area contributed by atoms with Crippen molar-refractivity contribution in [3.05, 3.63) is 62.8 Å². The third kappa shape index (κ3) is 4.59. The van der Waals surface area contributed by atoms with Gasteiger partial charge in [0.1, 0.15) is 0 Å². The van der Waals surface area contributed by atoms with Gasteiger partial charge in [0, 0.05) is 28.3 Å². The van der Waals surface area contributed by atoms with Crippen molar-refractivity contribution < 1.29 is 13.2 Å². The van der Waals surface area contributed by atoms with E-state index in [-0.39, 0.29) is 10.8 Å². The van der Waals surface area contributed by atoms with Crippen LogP contribution in [-0.4, -0.2) is 25.6 Å². The molecule has 1 amide bonds. The standard InChI is InChI=1S/C17H13ClN2O3S3/c1-26(22,23)13-5-2-11(3-6-13)14(10-12-4-7-15(18)25-12)16(21)20-17-19-8-9-24-17/h2-10H,1H3,(H,19,20,21). The number of halogens is 1. The van der Waals surface area contributed by atoms with Crippen LogP contribution < -0.4 is 5.32 Å². The minimum Gasteiger partial charge on any atom is -0.298 e. The Labute approximate surface area is 163 Å². The Hall–Kier alpha value is -2.00. The molecular formula is C17H13ClN2O3S3. The van der Waals surface area contributed by atoms with Gasteiger partial charge in [0.25, 0.3) is 5.91 Å². The van der Waals surface area contributed by atoms with Gasteiger partial charge in [0.15, 0.2) is 15.0 Å². The smallest absolute Gasteiger partial charge is 0.258 e. The molecule has 0 aliphatic heterocycles. The number of carbonyl (C=O) groups is 1. The minimum absolute atomic E-state index is 0.195. The van der Waals surface area contributed by atoms with Gasteiger partial charge in [-0.3, -0.25) is 10.1 Å². The van der Waals surface area contributed by atoms with Crippen LogP contribution in [0, 0.1) is 0 Å². The zero-order chi connectivity index (χ0) is 18.7. The quantitative estimate of drug-likeness (QED) is 0.614. The summed E-state index contributed by atoms with van der Waals surface area (Å²) >= 11 is 8.62. The van der Waals surface area contributed by atoms with Crippen LogP contribution in [0.4, 0.5) is 5.13 Å². The lowest BCUT2D eigenvalue weighted by Gasteiger charge is -2.08. The van der Waals surface area contributed by atoms with Gasteiger partial charge in [0.05, 0.1) is 9.23 Å². The number of amides is 1. The second kappa shape index (κ2) is 7.71. The number of sulfone groups is 1. The number of thiophene rings is 1. The van der Waals surface area contributed by atoms with Crippen LogP contribution >= 0.6 is 34.3 Å². The van der Waals surface area contributed by atoms with Gasteiger partial charge in [-0.25, -0.2) is 13.4 Å². The van der Waals surface area contributed by atoms with E-state index in [0.29, 0.717) is 20.6 Å². The third-order valence-electron chi connectivity index (χ3n) is 3.37. The third-order valence-corrected chi connectivity index (χ3v) is 6.37. The van der Waals surface area contributed by atoms with Gasteiger partial charge in [-0.05, 0) is 35.9 Å². The molecule has 3 aromatic rings. The number of aromatic nitrogens is 1. The number of nitrogens with one attached hydrogen (secondary N) is 1. The molecule has 0 aliphatic carbocycles. The molecule has 2 heterocycles. The highest BCUT2D eigenvalue weighted by atomic mass is 35.5. The molecule has 0 fully saturated rings. The second-order valence-electron chi connectivity index (χ2n) is 5.29. The SMILES string of the molecule is CS(=O)(=O)c1ccc(C(=Cc2ccc(Cl)s2)C(=O)Nc2nccs2)cc1. The molecule has 26 heavy (non-hydrogen) atoms. The maximum atomic E-state index is 12.7. The Balaban J connectivity index is 1.99. The number of thiazole rings is 1. The van der Waals surface area contributed by atoms with Crippen LogP contribution in [0.5, 0.6) is 0 Å². The van der Waals surface area contributed by atoms with Crippen LogP contribution in [0.25, 0.3) is 11.6 Å². The maximum absolute atomic E-state index is 12.7. The van der Waals surface area contributed by atoms with E-state index in [9.17, 15) is 13.2 Å². The molecule has 2 aromatic heterocycles. The highest BCUT2D eigenvalue weighted by molar-refractivity contribution is 7.90. The van der Waals surface area contributed by atoms with Gasteiger partial charge in [-0.15, -0.1) is 22.7 Å². The van der Waals surface area contributed by atoms with E-state index >= 15 is 0 Å². The second-order valence-corrected chi connectivity index (χ2v) is 9.94. The first-order chi connectivity index (χ1) is 12.3. The zero-order valence-corrected chi connectivity index (χ0v) is 16.7. The molecule has 0 spiro atoms. The first-order valence-electron chi connectivity index (χ1n) is 7.31. The fraction of sp³-hybridized carbons (Fsp3) is 0.0588. The van der Waals surface area contributed by atoms with Crippen molar-refractivity contribution in [2.24, 2.45) is 0 Å². The molecule has 0 bridgehead atoms. The highest BCUT2D eigenvalue weighted by Gasteiger charge is 2.15. The van der Waals surface area contributed by atoms with Crippen molar-refractivity contribution in [3.63, 3.8) is 0 Å². The topological polar surface area (TPSA) is 76.1 Å². The molecule has 0 saturated heterocycles. The first kappa shape index (κ1) is 18.8. The predicted octanol–water partition coefficient (Wildman–Crippen LogP) is 4.44. The van der Waals surface area contributed by atoms with E-state index in [1.165, 1.54) is 34.8 Å². The molecule has 0 aliphatic rings. The molecule has 0 atom stereocenters. The van der Waals surface area contributed by atoms with Crippen molar-refractivity contribution in [1.82, 2.24) is 4.98 Å². The molecule has 1 N–H and O–H groups in total. The van der Waals surface area contributed by atoms with E-state index in [1.54, 1.807) is 35.9 Å². The summed E-state index contributed by atoms with van der Waals surface area (Å²) in [6.07, 6.45) is 4.46. The fourth-order valence-corrected chi connectivity index (χ4v) is 4.32. The summed E-state index contributed by atoms with van der Waals surface area (Å²) in [6.45, 7) is 0. The molecule has 0 unspecified atom stereocenters. The minimum atomic E-state index is -3.31. The summed E-state index contributed by atoms with van der Waals surface area (Å²) in [5, 5.41) is 4.99. The number of hydrogen-bond acceptors (Lipinski definition) is 6. The molecule has 134 valence electrons. The van der Waals surface area contributed by atoms with Gasteiger partial charge >= 0.3 is 0 Å². The molecule has 9 heteroatoms. The van der Waals surface area contributed by atoms with Crippen molar-refractivity contribution >= 4 is 66.8 Å². The summed E-state index contributed by atoms with van der Waals surface area (Å²) in [7, 11) is -3.31. The summed E-state index contributed by atoms with van der Waals surface area (Å²) in [5.74, 6) is -0.337. The number of anilines is 1. The van der Waals surface area contributed by atoms with Crippen molar-refractivity contribution in [2.75, 3.05) is 11.6 Å². The van der Waals surface area contributed by atoms with E-state index < -0.39 is 9.84 Å². The average Bonchev–Trinajstić information content (AvgIpc) is 3.23. The molecular weight excluding hydrogens is 412 g/mol. The fourth-order valence-electron chi connectivity index (χ4n) is 2.16. The summed E-state index contributed by atoms with van der Waals surface area (Å²) in [6, 6.07) is 9.75. The number of benzene rings is 1. The van der Waals surface area contributed by atoms with Crippen LogP contribution in [0.15, 0.2) is 52.9 Å². The van der Waals surface area contributed by atoms with Crippen molar-refractivity contribution in [2.45, 2.75) is 4.90 Å². The van der Waals surface area contributed by atoms with Crippen molar-refractivity contribution in [3.8, 4) is 0 Å². The largest absolute Gasteiger partial charge is 0.298 e. The van der Waals surface area contributed by atoms with Crippen molar-refractivity contribution in [1.29, 1.82) is 0 Å². The van der Waals surface area contributed by atoms with Crippen LogP contribution in [0.1, 0.15) is 10.4 Å². The lowest BCUT2D eigenvalue weighted by Crippen LogP contribution is -2.13. The monoisotopic (exact) mass is 424 g/mol. The number of rotatable bonds is 5. The zero-order valence-electron chi connectivity index (χ0n) is 13.5. The lowest BCUT2D eigenvalue weighted by molar-refractivity contribution is -0.111. The first-order valence-corrected chi connectivity index (χ1v) is 11.3. The van der Waals surface area contributed by atoms with E-state index in [1.807, 2.05) is 6.07 Å². The highest BCUT2D eigenvalue weighted by Crippen LogP contribution is 2.28. The maximum Gasteiger partial charge on any atom is 0.258 e. The summed E-state index contributed by atoms with van der Waals surface area (Å²) in [5.41, 5.74) is 0.981. The van der Waals surface area contributed by atoms with E-state index in [4.69, 9.17) is 11.6 Å². The Kier molecular flexibility index (Phi) is 5.57. The van der Waals surface area contributed by atoms with Gasteiger partial charge in [0.2, 0.25) is 0 Å². The van der Waals surface area contributed by atoms with Crippen LogP contribution in [0.3, 0.4) is 0 Å². The van der Waals surface area contributed by atoms with Gasteiger partial charge < -0.3 is 0 Å².